The maximum absolute atomic E-state index is 4.74. The summed E-state index contributed by atoms with van der Waals surface area (Å²) in [6.07, 6.45) is 3.56. The maximum Gasteiger partial charge on any atom is 0.225 e. The Hall–Kier alpha value is -1.98. The molecule has 142 valence electrons. The van der Waals surface area contributed by atoms with Gasteiger partial charge in [-0.2, -0.15) is 0 Å². The molecule has 1 aliphatic heterocycles. The first-order valence-electron chi connectivity index (χ1n) is 8.59. The molecule has 0 radical (unpaired) electrons. The highest BCUT2D eigenvalue weighted by molar-refractivity contribution is 14.0. The molecule has 1 fully saturated rings. The molecule has 0 aromatic carbocycles. The first kappa shape index (κ1) is 20.3. The lowest BCUT2D eigenvalue weighted by molar-refractivity contribution is 0.370. The Bertz CT molecular complexity index is 708. The van der Waals surface area contributed by atoms with E-state index in [-0.39, 0.29) is 24.0 Å². The van der Waals surface area contributed by atoms with Crippen LogP contribution < -0.4 is 10.2 Å². The van der Waals surface area contributed by atoms with E-state index in [4.69, 9.17) is 4.99 Å². The van der Waals surface area contributed by atoms with E-state index in [1.54, 1.807) is 12.4 Å². The second kappa shape index (κ2) is 9.64. The SMILES string of the molecule is CCNC(=NCc1nnc(C)n1C)N1CCN(c2ncccn2)CC1.I. The van der Waals surface area contributed by atoms with Crippen molar-refractivity contribution in [3.63, 3.8) is 0 Å². The van der Waals surface area contributed by atoms with Gasteiger partial charge in [0.05, 0.1) is 0 Å². The van der Waals surface area contributed by atoms with Gasteiger partial charge < -0.3 is 19.7 Å². The summed E-state index contributed by atoms with van der Waals surface area (Å²) in [6.45, 7) is 8.87. The molecule has 9 nitrogen and oxygen atoms in total. The van der Waals surface area contributed by atoms with Crippen LogP contribution in [0.1, 0.15) is 18.6 Å². The number of anilines is 1. The lowest BCUT2D eigenvalue weighted by Crippen LogP contribution is -2.53. The summed E-state index contributed by atoms with van der Waals surface area (Å²) in [5.41, 5.74) is 0. The third-order valence-corrected chi connectivity index (χ3v) is 4.30. The molecular weight excluding hydrogens is 445 g/mol. The quantitative estimate of drug-likeness (QED) is 0.402. The molecular formula is C16H26IN9. The topological polar surface area (TPSA) is 87.4 Å². The fourth-order valence-electron chi connectivity index (χ4n) is 2.73. The summed E-state index contributed by atoms with van der Waals surface area (Å²) in [6, 6.07) is 1.84. The lowest BCUT2D eigenvalue weighted by Gasteiger charge is -2.36. The Balaban J connectivity index is 0.00000243. The molecule has 0 bridgehead atoms. The number of aromatic nitrogens is 5. The van der Waals surface area contributed by atoms with E-state index in [9.17, 15) is 0 Å². The third kappa shape index (κ3) is 4.80. The highest BCUT2D eigenvalue weighted by Crippen LogP contribution is 2.10. The molecule has 10 heteroatoms. The molecule has 2 aromatic heterocycles. The van der Waals surface area contributed by atoms with Gasteiger partial charge in [-0.25, -0.2) is 15.0 Å². The summed E-state index contributed by atoms with van der Waals surface area (Å²) in [4.78, 5) is 17.9. The molecule has 1 saturated heterocycles. The van der Waals surface area contributed by atoms with E-state index in [2.05, 4.69) is 42.2 Å². The molecule has 0 unspecified atom stereocenters. The molecule has 2 aromatic rings. The predicted molar refractivity (Wildman–Crippen MR) is 112 cm³/mol. The van der Waals surface area contributed by atoms with Gasteiger partial charge in [-0.05, 0) is 19.9 Å². The number of halogens is 1. The minimum Gasteiger partial charge on any atom is -0.357 e. The monoisotopic (exact) mass is 471 g/mol. The average molecular weight is 471 g/mol. The number of nitrogens with one attached hydrogen (secondary N) is 1. The van der Waals surface area contributed by atoms with Gasteiger partial charge in [0.1, 0.15) is 12.4 Å². The van der Waals surface area contributed by atoms with Crippen LogP contribution in [0.4, 0.5) is 5.95 Å². The van der Waals surface area contributed by atoms with Crippen LogP contribution >= 0.6 is 24.0 Å². The van der Waals surface area contributed by atoms with Crippen molar-refractivity contribution in [3.8, 4) is 0 Å². The number of hydrogen-bond acceptors (Lipinski definition) is 6. The fraction of sp³-hybridized carbons (Fsp3) is 0.562. The van der Waals surface area contributed by atoms with Crippen molar-refractivity contribution in [2.75, 3.05) is 37.6 Å². The van der Waals surface area contributed by atoms with Gasteiger partial charge in [0.25, 0.3) is 0 Å². The van der Waals surface area contributed by atoms with Gasteiger partial charge >= 0.3 is 0 Å². The molecule has 3 rings (SSSR count). The van der Waals surface area contributed by atoms with E-state index in [0.29, 0.717) is 6.54 Å². The van der Waals surface area contributed by atoms with E-state index in [1.165, 1.54) is 0 Å². The summed E-state index contributed by atoms with van der Waals surface area (Å²) in [7, 11) is 1.96. The van der Waals surface area contributed by atoms with Crippen molar-refractivity contribution in [2.45, 2.75) is 20.4 Å². The molecule has 26 heavy (non-hydrogen) atoms. The van der Waals surface area contributed by atoms with Gasteiger partial charge in [0.2, 0.25) is 5.95 Å². The first-order valence-corrected chi connectivity index (χ1v) is 8.59. The zero-order chi connectivity index (χ0) is 17.6. The number of aliphatic imine (C=N–C) groups is 1. The van der Waals surface area contributed by atoms with Crippen molar-refractivity contribution < 1.29 is 0 Å². The normalized spacial score (nSPS) is 15.0. The third-order valence-electron chi connectivity index (χ3n) is 4.30. The van der Waals surface area contributed by atoms with Crippen LogP contribution in [0.25, 0.3) is 0 Å². The van der Waals surface area contributed by atoms with Crippen LogP contribution in [-0.2, 0) is 13.6 Å². The smallest absolute Gasteiger partial charge is 0.225 e. The Morgan fingerprint density at radius 1 is 1.15 bits per heavy atom. The lowest BCUT2D eigenvalue weighted by atomic mass is 10.3. The van der Waals surface area contributed by atoms with Crippen molar-refractivity contribution in [2.24, 2.45) is 12.0 Å². The molecule has 0 amide bonds. The second-order valence-electron chi connectivity index (χ2n) is 5.92. The van der Waals surface area contributed by atoms with Gasteiger partial charge in [-0.3, -0.25) is 0 Å². The summed E-state index contributed by atoms with van der Waals surface area (Å²) in [5, 5.41) is 11.6. The molecule has 0 aliphatic carbocycles. The molecule has 0 saturated carbocycles. The van der Waals surface area contributed by atoms with Crippen LogP contribution in [0.2, 0.25) is 0 Å². The number of hydrogen-bond donors (Lipinski definition) is 1. The van der Waals surface area contributed by atoms with Gasteiger partial charge in [-0.1, -0.05) is 0 Å². The van der Waals surface area contributed by atoms with Gasteiger partial charge in [0, 0.05) is 52.2 Å². The molecule has 1 N–H and O–H groups in total. The molecule has 3 heterocycles. The van der Waals surface area contributed by atoms with E-state index in [0.717, 1.165) is 56.3 Å². The standard InChI is InChI=1S/C16H25N9.HI/c1-4-17-15(20-12-14-22-21-13(2)23(14)3)24-8-10-25(11-9-24)16-18-6-5-7-19-16;/h5-7H,4,8-12H2,1-3H3,(H,17,20);1H. The van der Waals surface area contributed by atoms with Crippen molar-refractivity contribution >= 4 is 35.9 Å². The highest BCUT2D eigenvalue weighted by atomic mass is 127. The van der Waals surface area contributed by atoms with Crippen molar-refractivity contribution in [3.05, 3.63) is 30.1 Å². The largest absolute Gasteiger partial charge is 0.357 e. The summed E-state index contributed by atoms with van der Waals surface area (Å²) >= 11 is 0. The van der Waals surface area contributed by atoms with Crippen LogP contribution in [0, 0.1) is 6.92 Å². The zero-order valence-electron chi connectivity index (χ0n) is 15.5. The minimum absolute atomic E-state index is 0. The Kier molecular flexibility index (Phi) is 7.54. The number of piperazine rings is 1. The Labute approximate surface area is 171 Å². The Morgan fingerprint density at radius 3 is 2.42 bits per heavy atom. The molecule has 1 aliphatic rings. The van der Waals surface area contributed by atoms with Crippen molar-refractivity contribution in [1.29, 1.82) is 0 Å². The number of nitrogens with zero attached hydrogens (tertiary/aromatic N) is 8. The predicted octanol–water partition coefficient (Wildman–Crippen LogP) is 0.819. The highest BCUT2D eigenvalue weighted by Gasteiger charge is 2.21. The van der Waals surface area contributed by atoms with E-state index >= 15 is 0 Å². The molecule has 0 spiro atoms. The number of aryl methyl sites for hydroxylation is 1. The summed E-state index contributed by atoms with van der Waals surface area (Å²) in [5.74, 6) is 3.46. The zero-order valence-corrected chi connectivity index (χ0v) is 17.8. The minimum atomic E-state index is 0. The number of rotatable bonds is 4. The summed E-state index contributed by atoms with van der Waals surface area (Å²) < 4.78 is 1.97. The second-order valence-corrected chi connectivity index (χ2v) is 5.92. The molecule has 0 atom stereocenters. The van der Waals surface area contributed by atoms with Gasteiger partial charge in [0.15, 0.2) is 11.8 Å². The fourth-order valence-corrected chi connectivity index (χ4v) is 2.73. The van der Waals surface area contributed by atoms with Crippen LogP contribution in [0.3, 0.4) is 0 Å². The number of guanidine groups is 1. The van der Waals surface area contributed by atoms with Crippen LogP contribution in [-0.4, -0.2) is 68.3 Å². The average Bonchev–Trinajstić information content (AvgIpc) is 2.98. The maximum atomic E-state index is 4.74. The Morgan fingerprint density at radius 2 is 1.85 bits per heavy atom. The van der Waals surface area contributed by atoms with Crippen LogP contribution in [0.15, 0.2) is 23.5 Å². The first-order chi connectivity index (χ1) is 12.2. The van der Waals surface area contributed by atoms with Gasteiger partial charge in [-0.15, -0.1) is 34.2 Å². The van der Waals surface area contributed by atoms with Crippen LogP contribution in [0.5, 0.6) is 0 Å². The van der Waals surface area contributed by atoms with Crippen molar-refractivity contribution in [1.82, 2.24) is 34.9 Å². The van der Waals surface area contributed by atoms with E-state index in [1.807, 2.05) is 24.6 Å². The van der Waals surface area contributed by atoms with E-state index < -0.39 is 0 Å².